The Hall–Kier alpha value is -1.43. The van der Waals surface area contributed by atoms with E-state index in [1.54, 1.807) is 6.92 Å². The Morgan fingerprint density at radius 2 is 1.85 bits per heavy atom. The molecule has 1 saturated heterocycles. The summed E-state index contributed by atoms with van der Waals surface area (Å²) in [6.07, 6.45) is 2.70. The first-order valence-electron chi connectivity index (χ1n) is 5.62. The van der Waals surface area contributed by atoms with E-state index in [4.69, 9.17) is 14.4 Å². The minimum absolute atomic E-state index is 0.135. The molecule has 9 nitrogen and oxygen atoms in total. The van der Waals surface area contributed by atoms with Crippen LogP contribution in [0.2, 0.25) is 0 Å². The fraction of sp³-hybridized carbons (Fsp3) is 0.556. The molecule has 1 fully saturated rings. The number of carbonyl (C=O) groups is 2. The largest absolute Gasteiger partial charge is 0.635 e. The Bertz CT molecular complexity index is 486. The minimum Gasteiger partial charge on any atom is -0.496 e. The molecule has 1 aliphatic heterocycles. The van der Waals surface area contributed by atoms with E-state index in [0.717, 1.165) is 0 Å². The van der Waals surface area contributed by atoms with Gasteiger partial charge in [-0.3, -0.25) is 18.7 Å². The Morgan fingerprint density at radius 3 is 2.25 bits per heavy atom. The van der Waals surface area contributed by atoms with Crippen molar-refractivity contribution in [2.75, 3.05) is 20.1 Å². The second-order valence-corrected chi connectivity index (χ2v) is 5.28. The highest BCUT2D eigenvalue weighted by atomic mass is 32.2. The summed E-state index contributed by atoms with van der Waals surface area (Å²) in [6, 6.07) is -1.34. The fourth-order valence-corrected chi connectivity index (χ4v) is 1.97. The lowest BCUT2D eigenvalue weighted by atomic mass is 9.80. The van der Waals surface area contributed by atoms with Gasteiger partial charge in [0.2, 0.25) is 0 Å². The van der Waals surface area contributed by atoms with Crippen molar-refractivity contribution in [3.63, 3.8) is 0 Å². The fourth-order valence-electron chi connectivity index (χ4n) is 1.50. The summed E-state index contributed by atoms with van der Waals surface area (Å²) in [7, 11) is -4.29. The van der Waals surface area contributed by atoms with Crippen LogP contribution in [-0.4, -0.2) is 58.5 Å². The minimum atomic E-state index is -4.31. The molecule has 0 radical (unpaired) electrons. The molecule has 1 aliphatic rings. The Kier molecular flexibility index (Phi) is 5.68. The third-order valence-electron chi connectivity index (χ3n) is 2.19. The van der Waals surface area contributed by atoms with Crippen molar-refractivity contribution >= 4 is 29.4 Å². The maximum absolute atomic E-state index is 11.5. The summed E-state index contributed by atoms with van der Waals surface area (Å²) in [5, 5.41) is 4.76. The predicted octanol–water partition coefficient (Wildman–Crippen LogP) is -1.79. The lowest BCUT2D eigenvalue weighted by Gasteiger charge is -2.25. The highest BCUT2D eigenvalue weighted by Crippen LogP contribution is 2.10. The van der Waals surface area contributed by atoms with Gasteiger partial charge in [0.25, 0.3) is 0 Å². The monoisotopic (exact) mass is 306 g/mol. The van der Waals surface area contributed by atoms with Crippen molar-refractivity contribution in [3.05, 3.63) is 12.2 Å². The van der Waals surface area contributed by atoms with Crippen molar-refractivity contribution in [1.82, 2.24) is 4.90 Å². The zero-order chi connectivity index (χ0) is 15.3. The molecule has 2 N–H and O–H groups in total. The van der Waals surface area contributed by atoms with Gasteiger partial charge in [0.15, 0.2) is 6.00 Å². The number of allylic oxidation sites excluding steroid dienone is 1. The Balaban J connectivity index is 2.92. The first-order chi connectivity index (χ1) is 9.21. The van der Waals surface area contributed by atoms with E-state index in [1.165, 1.54) is 24.1 Å². The standard InChI is InChI=1S/C9H15BN2O7S/c1-3-4-7(19-20(11,15)16)10-17-8(13)5-12(2)6-9(14)18-10/h3-4,7H,5-6H2,1-2H3,(H2,11,15,16)/b4-3+. The molecule has 0 saturated carbocycles. The molecule has 0 aromatic heterocycles. The van der Waals surface area contributed by atoms with Crippen LogP contribution in [0.25, 0.3) is 0 Å². The molecule has 112 valence electrons. The van der Waals surface area contributed by atoms with Crippen LogP contribution in [0, 0.1) is 0 Å². The van der Waals surface area contributed by atoms with Gasteiger partial charge < -0.3 is 9.31 Å². The number of hydrogen-bond acceptors (Lipinski definition) is 8. The SMILES string of the molecule is C/C=C/C(OS(N)(=O)=O)B1OC(=O)CN(C)CC(=O)O1. The molecular weight excluding hydrogens is 291 g/mol. The first kappa shape index (κ1) is 16.6. The third-order valence-corrected chi connectivity index (χ3v) is 2.68. The molecule has 0 amide bonds. The molecule has 20 heavy (non-hydrogen) atoms. The quantitative estimate of drug-likeness (QED) is 0.477. The van der Waals surface area contributed by atoms with Gasteiger partial charge in [-0.15, -0.1) is 0 Å². The maximum Gasteiger partial charge on any atom is 0.635 e. The second kappa shape index (κ2) is 6.84. The van der Waals surface area contributed by atoms with E-state index in [1.807, 2.05) is 0 Å². The van der Waals surface area contributed by atoms with Crippen LogP contribution in [0.15, 0.2) is 12.2 Å². The van der Waals surface area contributed by atoms with Crippen molar-refractivity contribution in [2.24, 2.45) is 5.14 Å². The lowest BCUT2D eigenvalue weighted by molar-refractivity contribution is -0.146. The van der Waals surface area contributed by atoms with E-state index < -0.39 is 35.4 Å². The van der Waals surface area contributed by atoms with E-state index in [2.05, 4.69) is 4.18 Å². The zero-order valence-corrected chi connectivity index (χ0v) is 11.8. The van der Waals surface area contributed by atoms with Crippen molar-refractivity contribution < 1.29 is 31.5 Å². The van der Waals surface area contributed by atoms with E-state index in [0.29, 0.717) is 0 Å². The smallest absolute Gasteiger partial charge is 0.496 e. The maximum atomic E-state index is 11.5. The van der Waals surface area contributed by atoms with E-state index >= 15 is 0 Å². The van der Waals surface area contributed by atoms with Gasteiger partial charge >= 0.3 is 29.4 Å². The van der Waals surface area contributed by atoms with Crippen molar-refractivity contribution in [2.45, 2.75) is 12.9 Å². The Morgan fingerprint density at radius 1 is 1.35 bits per heavy atom. The van der Waals surface area contributed by atoms with Gasteiger partial charge in [0.1, 0.15) is 0 Å². The molecule has 1 heterocycles. The lowest BCUT2D eigenvalue weighted by Crippen LogP contribution is -2.49. The summed E-state index contributed by atoms with van der Waals surface area (Å²) in [5.74, 6) is -1.37. The average Bonchev–Trinajstić information content (AvgIpc) is 2.23. The van der Waals surface area contributed by atoms with Gasteiger partial charge in [0, 0.05) is 0 Å². The van der Waals surface area contributed by atoms with Crippen LogP contribution in [0.1, 0.15) is 6.92 Å². The second-order valence-electron chi connectivity index (χ2n) is 4.10. The highest BCUT2D eigenvalue weighted by molar-refractivity contribution is 7.84. The molecule has 0 bridgehead atoms. The topological polar surface area (TPSA) is 125 Å². The summed E-state index contributed by atoms with van der Waals surface area (Å²) >= 11 is 0. The molecule has 0 aliphatic carbocycles. The summed E-state index contributed by atoms with van der Waals surface area (Å²) in [6.45, 7) is 1.31. The molecule has 11 heteroatoms. The van der Waals surface area contributed by atoms with E-state index in [-0.39, 0.29) is 13.1 Å². The van der Waals surface area contributed by atoms with Crippen LogP contribution in [0.3, 0.4) is 0 Å². The van der Waals surface area contributed by atoms with Gasteiger partial charge in [-0.25, -0.2) is 5.14 Å². The van der Waals surface area contributed by atoms with Gasteiger partial charge in [-0.05, 0) is 14.0 Å². The molecule has 0 aromatic carbocycles. The molecule has 1 unspecified atom stereocenters. The van der Waals surface area contributed by atoms with Crippen LogP contribution in [-0.2, 0) is 33.4 Å². The number of hydrogen-bond donors (Lipinski definition) is 1. The summed E-state index contributed by atoms with van der Waals surface area (Å²) in [5.41, 5.74) is 0. The molecule has 0 aromatic rings. The number of rotatable bonds is 4. The number of nitrogens with zero attached hydrogens (tertiary/aromatic N) is 1. The third kappa shape index (κ3) is 5.69. The van der Waals surface area contributed by atoms with Crippen LogP contribution < -0.4 is 5.14 Å². The van der Waals surface area contributed by atoms with E-state index in [9.17, 15) is 18.0 Å². The number of nitrogens with two attached hydrogens (primary N) is 1. The average molecular weight is 306 g/mol. The molecular formula is C9H15BN2O7S. The van der Waals surface area contributed by atoms with Crippen LogP contribution >= 0.6 is 0 Å². The number of likely N-dealkylation sites (N-methyl/N-ethyl adjacent to an activating group) is 1. The van der Waals surface area contributed by atoms with Crippen molar-refractivity contribution in [3.8, 4) is 0 Å². The zero-order valence-electron chi connectivity index (χ0n) is 11.0. The molecule has 1 atom stereocenters. The first-order valence-corrected chi connectivity index (χ1v) is 7.09. The number of carbonyl (C=O) groups excluding carboxylic acids is 2. The predicted molar refractivity (Wildman–Crippen MR) is 68.2 cm³/mol. The summed E-state index contributed by atoms with van der Waals surface area (Å²) in [4.78, 5) is 24.4. The van der Waals surface area contributed by atoms with Crippen LogP contribution in [0.4, 0.5) is 0 Å². The molecule has 0 spiro atoms. The van der Waals surface area contributed by atoms with Gasteiger partial charge in [-0.1, -0.05) is 12.2 Å². The van der Waals surface area contributed by atoms with Gasteiger partial charge in [0.05, 0.1) is 13.1 Å². The van der Waals surface area contributed by atoms with Gasteiger partial charge in [-0.2, -0.15) is 8.42 Å². The highest BCUT2D eigenvalue weighted by Gasteiger charge is 2.41. The van der Waals surface area contributed by atoms with Crippen LogP contribution in [0.5, 0.6) is 0 Å². The Labute approximate surface area is 117 Å². The van der Waals surface area contributed by atoms with Crippen molar-refractivity contribution in [1.29, 1.82) is 0 Å². The molecule has 1 rings (SSSR count). The summed E-state index contributed by atoms with van der Waals surface area (Å²) < 4.78 is 36.2. The normalized spacial score (nSPS) is 20.2.